The van der Waals surface area contributed by atoms with Crippen molar-refractivity contribution in [1.29, 1.82) is 0 Å². The Morgan fingerprint density at radius 2 is 1.84 bits per heavy atom. The van der Waals surface area contributed by atoms with E-state index in [0.29, 0.717) is 6.54 Å². The first-order chi connectivity index (χ1) is 15.6. The fourth-order valence-corrected chi connectivity index (χ4v) is 4.78. The van der Waals surface area contributed by atoms with Crippen LogP contribution in [0.4, 0.5) is 9.18 Å². The van der Waals surface area contributed by atoms with E-state index < -0.39 is 0 Å². The molecule has 1 unspecified atom stereocenters. The normalized spacial score (nSPS) is 20.5. The van der Waals surface area contributed by atoms with E-state index >= 15 is 0 Å². The molecule has 32 heavy (non-hydrogen) atoms. The molecule has 3 heterocycles. The van der Waals surface area contributed by atoms with Crippen LogP contribution in [-0.2, 0) is 6.54 Å². The summed E-state index contributed by atoms with van der Waals surface area (Å²) in [4.78, 5) is 21.8. The van der Waals surface area contributed by atoms with Gasteiger partial charge in [-0.3, -0.25) is 4.90 Å². The van der Waals surface area contributed by atoms with Crippen molar-refractivity contribution in [3.05, 3.63) is 65.8 Å². The Hall–Kier alpha value is -2.93. The Bertz CT molecular complexity index is 1030. The van der Waals surface area contributed by atoms with Crippen LogP contribution in [0.15, 0.2) is 52.9 Å². The summed E-state index contributed by atoms with van der Waals surface area (Å²) >= 11 is 0. The number of urea groups is 1. The van der Waals surface area contributed by atoms with Gasteiger partial charge in [0.2, 0.25) is 0 Å². The molecule has 1 aromatic heterocycles. The van der Waals surface area contributed by atoms with Crippen LogP contribution < -0.4 is 5.32 Å². The standard InChI is InChI=1S/C25H29FN4O2/c26-20-9-7-18(8-10-20)16-29-14-11-21(12-15-29)27-25(31)30-13-3-4-19(17-30)24-28-22-5-1-2-6-23(22)32-24/h1-2,5-10,19,21H,3-4,11-17H2,(H,27,31). The summed E-state index contributed by atoms with van der Waals surface area (Å²) in [6.45, 7) is 4.08. The largest absolute Gasteiger partial charge is 0.440 e. The Morgan fingerprint density at radius 1 is 1.06 bits per heavy atom. The molecule has 0 saturated carbocycles. The first kappa shape index (κ1) is 20.9. The number of piperidine rings is 2. The lowest BCUT2D eigenvalue weighted by atomic mass is 9.98. The highest BCUT2D eigenvalue weighted by molar-refractivity contribution is 5.75. The highest BCUT2D eigenvalue weighted by Crippen LogP contribution is 2.29. The molecule has 1 atom stereocenters. The zero-order valence-electron chi connectivity index (χ0n) is 18.2. The number of carbonyl (C=O) groups is 1. The number of nitrogens with zero attached hydrogens (tertiary/aromatic N) is 3. The predicted molar refractivity (Wildman–Crippen MR) is 121 cm³/mol. The van der Waals surface area contributed by atoms with E-state index in [4.69, 9.17) is 4.42 Å². The van der Waals surface area contributed by atoms with Crippen molar-refractivity contribution < 1.29 is 13.6 Å². The van der Waals surface area contributed by atoms with Gasteiger partial charge in [-0.2, -0.15) is 0 Å². The number of hydrogen-bond donors (Lipinski definition) is 1. The lowest BCUT2D eigenvalue weighted by Gasteiger charge is -2.36. The van der Waals surface area contributed by atoms with Gasteiger partial charge >= 0.3 is 6.03 Å². The second-order valence-electron chi connectivity index (χ2n) is 8.93. The highest BCUT2D eigenvalue weighted by atomic mass is 19.1. The Balaban J connectivity index is 1.12. The third-order valence-corrected chi connectivity index (χ3v) is 6.60. The van der Waals surface area contributed by atoms with Crippen molar-refractivity contribution in [2.45, 2.75) is 44.2 Å². The first-order valence-electron chi connectivity index (χ1n) is 11.5. The molecule has 2 amide bonds. The van der Waals surface area contributed by atoms with Crippen molar-refractivity contribution in [1.82, 2.24) is 20.1 Å². The van der Waals surface area contributed by atoms with Crippen LogP contribution in [0.1, 0.15) is 43.1 Å². The van der Waals surface area contributed by atoms with Gasteiger partial charge in [0.25, 0.3) is 0 Å². The maximum absolute atomic E-state index is 13.1. The Kier molecular flexibility index (Phi) is 6.08. The summed E-state index contributed by atoms with van der Waals surface area (Å²) in [6.07, 6.45) is 3.79. The number of aromatic nitrogens is 1. The van der Waals surface area contributed by atoms with Crippen LogP contribution in [-0.4, -0.2) is 53.0 Å². The third-order valence-electron chi connectivity index (χ3n) is 6.60. The number of carbonyl (C=O) groups excluding carboxylic acids is 1. The number of fused-ring (bicyclic) bond motifs is 1. The Morgan fingerprint density at radius 3 is 2.62 bits per heavy atom. The molecule has 6 nitrogen and oxygen atoms in total. The minimum absolute atomic E-state index is 0.0165. The zero-order valence-corrected chi connectivity index (χ0v) is 18.2. The average Bonchev–Trinajstić information content (AvgIpc) is 3.26. The second kappa shape index (κ2) is 9.28. The van der Waals surface area contributed by atoms with E-state index in [1.165, 1.54) is 12.1 Å². The summed E-state index contributed by atoms with van der Waals surface area (Å²) in [5.41, 5.74) is 2.79. The molecule has 2 aliphatic rings. The third kappa shape index (κ3) is 4.78. The molecular weight excluding hydrogens is 407 g/mol. The van der Waals surface area contributed by atoms with Crippen molar-refractivity contribution in [3.8, 4) is 0 Å². The van der Waals surface area contributed by atoms with E-state index in [0.717, 1.165) is 74.4 Å². The number of hydrogen-bond acceptors (Lipinski definition) is 4. The molecule has 2 saturated heterocycles. The maximum Gasteiger partial charge on any atom is 0.317 e. The number of nitrogens with one attached hydrogen (secondary N) is 1. The fourth-order valence-electron chi connectivity index (χ4n) is 4.78. The number of halogens is 1. The number of amides is 2. The number of oxazole rings is 1. The number of likely N-dealkylation sites (tertiary alicyclic amines) is 2. The van der Waals surface area contributed by atoms with Crippen LogP contribution >= 0.6 is 0 Å². The molecule has 0 radical (unpaired) electrons. The number of rotatable bonds is 4. The maximum atomic E-state index is 13.1. The molecule has 2 aromatic carbocycles. The van der Waals surface area contributed by atoms with Gasteiger partial charge in [-0.15, -0.1) is 0 Å². The molecule has 3 aromatic rings. The van der Waals surface area contributed by atoms with Crippen LogP contribution in [0.2, 0.25) is 0 Å². The molecular formula is C25H29FN4O2. The molecule has 5 rings (SSSR count). The Labute approximate surface area is 187 Å². The van der Waals surface area contributed by atoms with Crippen molar-refractivity contribution >= 4 is 17.1 Å². The van der Waals surface area contributed by atoms with Crippen LogP contribution in [0.5, 0.6) is 0 Å². The molecule has 0 bridgehead atoms. The van der Waals surface area contributed by atoms with Crippen LogP contribution in [0.3, 0.4) is 0 Å². The second-order valence-corrected chi connectivity index (χ2v) is 8.93. The average molecular weight is 437 g/mol. The summed E-state index contributed by atoms with van der Waals surface area (Å²) in [5, 5.41) is 3.24. The lowest BCUT2D eigenvalue weighted by molar-refractivity contribution is 0.156. The van der Waals surface area contributed by atoms with Crippen LogP contribution in [0.25, 0.3) is 11.1 Å². The zero-order chi connectivity index (χ0) is 21.9. The van der Waals surface area contributed by atoms with Gasteiger partial charge in [0, 0.05) is 38.8 Å². The predicted octanol–water partition coefficient (Wildman–Crippen LogP) is 4.52. The summed E-state index contributed by atoms with van der Waals surface area (Å²) in [7, 11) is 0. The van der Waals surface area contributed by atoms with Crippen LogP contribution in [0, 0.1) is 5.82 Å². The van der Waals surface area contributed by atoms with Gasteiger partial charge in [0.1, 0.15) is 11.3 Å². The van der Waals surface area contributed by atoms with E-state index in [1.807, 2.05) is 41.3 Å². The minimum Gasteiger partial charge on any atom is -0.440 e. The van der Waals surface area contributed by atoms with E-state index in [9.17, 15) is 9.18 Å². The summed E-state index contributed by atoms with van der Waals surface area (Å²) < 4.78 is 19.1. The van der Waals surface area contributed by atoms with Gasteiger partial charge in [-0.1, -0.05) is 24.3 Å². The molecule has 7 heteroatoms. The molecule has 0 aliphatic carbocycles. The SMILES string of the molecule is O=C(NC1CCN(Cc2ccc(F)cc2)CC1)N1CCCC(c2nc3ccccc3o2)C1. The van der Waals surface area contributed by atoms with Gasteiger partial charge in [-0.05, 0) is 55.5 Å². The number of benzene rings is 2. The minimum atomic E-state index is -0.203. The number of para-hydroxylation sites is 2. The monoisotopic (exact) mass is 436 g/mol. The molecule has 0 spiro atoms. The van der Waals surface area contributed by atoms with Gasteiger partial charge in [0.15, 0.2) is 11.5 Å². The summed E-state index contributed by atoms with van der Waals surface area (Å²) in [6, 6.07) is 14.7. The molecule has 168 valence electrons. The van der Waals surface area contributed by atoms with Crippen molar-refractivity contribution in [2.24, 2.45) is 0 Å². The topological polar surface area (TPSA) is 61.6 Å². The van der Waals surface area contributed by atoms with E-state index in [1.54, 1.807) is 0 Å². The molecule has 2 fully saturated rings. The molecule has 2 aliphatic heterocycles. The van der Waals surface area contributed by atoms with Gasteiger partial charge < -0.3 is 14.6 Å². The smallest absolute Gasteiger partial charge is 0.317 e. The van der Waals surface area contributed by atoms with Gasteiger partial charge in [0.05, 0.1) is 5.92 Å². The first-order valence-corrected chi connectivity index (χ1v) is 11.5. The fraction of sp³-hybridized carbons (Fsp3) is 0.440. The highest BCUT2D eigenvalue weighted by Gasteiger charge is 2.30. The van der Waals surface area contributed by atoms with E-state index in [-0.39, 0.29) is 23.8 Å². The van der Waals surface area contributed by atoms with Crippen molar-refractivity contribution in [3.63, 3.8) is 0 Å². The van der Waals surface area contributed by atoms with E-state index in [2.05, 4.69) is 15.2 Å². The summed E-state index contributed by atoms with van der Waals surface area (Å²) in [5.74, 6) is 0.670. The van der Waals surface area contributed by atoms with Crippen molar-refractivity contribution in [2.75, 3.05) is 26.2 Å². The quantitative estimate of drug-likeness (QED) is 0.653. The van der Waals surface area contributed by atoms with Gasteiger partial charge in [-0.25, -0.2) is 14.2 Å². The molecule has 1 N–H and O–H groups in total. The lowest BCUT2D eigenvalue weighted by Crippen LogP contribution is -2.51.